The van der Waals surface area contributed by atoms with Gasteiger partial charge in [-0.2, -0.15) is 0 Å². The molecule has 0 amide bonds. The van der Waals surface area contributed by atoms with Crippen molar-refractivity contribution in [2.75, 3.05) is 13.2 Å². The minimum absolute atomic E-state index is 0.133. The van der Waals surface area contributed by atoms with Gasteiger partial charge in [0, 0.05) is 19.3 Å². The van der Waals surface area contributed by atoms with Crippen LogP contribution in [0.15, 0.2) is 85.1 Å². The largest absolute Gasteiger partial charge is 0.462 e. The Morgan fingerprint density at radius 2 is 0.824 bits per heavy atom. The lowest BCUT2D eigenvalue weighted by Gasteiger charge is -2.18. The minimum atomic E-state index is -0.834. The highest BCUT2D eigenvalue weighted by molar-refractivity contribution is 5.71. The summed E-state index contributed by atoms with van der Waals surface area (Å²) >= 11 is 0. The molecule has 0 aliphatic heterocycles. The zero-order valence-electron chi connectivity index (χ0n) is 32.6. The van der Waals surface area contributed by atoms with E-state index < -0.39 is 12.1 Å². The zero-order chi connectivity index (χ0) is 37.3. The highest BCUT2D eigenvalue weighted by Gasteiger charge is 2.19. The van der Waals surface area contributed by atoms with Crippen LogP contribution in [0.3, 0.4) is 0 Å². The fourth-order valence-corrected chi connectivity index (χ4v) is 4.91. The van der Waals surface area contributed by atoms with Gasteiger partial charge in [0.15, 0.2) is 6.10 Å². The van der Waals surface area contributed by atoms with Gasteiger partial charge in [0.25, 0.3) is 0 Å². The normalized spacial score (nSPS) is 12.9. The summed E-state index contributed by atoms with van der Waals surface area (Å²) in [4.78, 5) is 37.4. The molecule has 51 heavy (non-hydrogen) atoms. The molecule has 0 aliphatic carbocycles. The number of carbonyl (C=O) groups is 3. The van der Waals surface area contributed by atoms with Crippen molar-refractivity contribution in [2.45, 2.75) is 168 Å². The number of hydrogen-bond donors (Lipinski definition) is 0. The third kappa shape index (κ3) is 37.7. The van der Waals surface area contributed by atoms with Gasteiger partial charge in [-0.25, -0.2) is 0 Å². The van der Waals surface area contributed by atoms with Crippen LogP contribution < -0.4 is 0 Å². The molecule has 0 aromatic carbocycles. The van der Waals surface area contributed by atoms with Gasteiger partial charge < -0.3 is 14.2 Å². The van der Waals surface area contributed by atoms with Crippen LogP contribution in [0.25, 0.3) is 0 Å². The topological polar surface area (TPSA) is 78.9 Å². The summed E-state index contributed by atoms with van der Waals surface area (Å²) in [5.74, 6) is -1.11. The Labute approximate surface area is 312 Å². The lowest BCUT2D eigenvalue weighted by Crippen LogP contribution is -2.30. The van der Waals surface area contributed by atoms with Gasteiger partial charge in [0.2, 0.25) is 0 Å². The molecule has 0 fully saturated rings. The number of allylic oxidation sites excluding steroid dienone is 14. The average molecular weight is 709 g/mol. The highest BCUT2D eigenvalue weighted by atomic mass is 16.6. The second-order valence-corrected chi connectivity index (χ2v) is 12.8. The number of unbranched alkanes of at least 4 members (excludes halogenated alkanes) is 9. The maximum atomic E-state index is 12.6. The summed E-state index contributed by atoms with van der Waals surface area (Å²) in [6.45, 7) is 6.21. The van der Waals surface area contributed by atoms with Crippen LogP contribution >= 0.6 is 0 Å². The maximum absolute atomic E-state index is 12.6. The first-order chi connectivity index (χ1) is 25.0. The molecule has 6 nitrogen and oxygen atoms in total. The van der Waals surface area contributed by atoms with Gasteiger partial charge >= 0.3 is 17.9 Å². The molecule has 0 spiro atoms. The Balaban J connectivity index is 4.58. The predicted molar refractivity (Wildman–Crippen MR) is 214 cm³/mol. The first-order valence-electron chi connectivity index (χ1n) is 20.1. The smallest absolute Gasteiger partial charge is 0.306 e. The summed E-state index contributed by atoms with van der Waals surface area (Å²) in [5, 5.41) is 0. The average Bonchev–Trinajstić information content (AvgIpc) is 3.12. The second kappa shape index (κ2) is 39.4. The van der Waals surface area contributed by atoms with Crippen molar-refractivity contribution < 1.29 is 28.6 Å². The lowest BCUT2D eigenvalue weighted by molar-refractivity contribution is -0.166. The Kier molecular flexibility index (Phi) is 36.7. The molecular weight excluding hydrogens is 636 g/mol. The van der Waals surface area contributed by atoms with Crippen LogP contribution in [-0.2, 0) is 28.6 Å². The van der Waals surface area contributed by atoms with E-state index in [9.17, 15) is 14.4 Å². The number of ether oxygens (including phenoxy) is 3. The van der Waals surface area contributed by atoms with E-state index in [1.165, 1.54) is 38.5 Å². The van der Waals surface area contributed by atoms with Crippen LogP contribution in [0, 0.1) is 0 Å². The van der Waals surface area contributed by atoms with E-state index in [0.29, 0.717) is 19.3 Å². The van der Waals surface area contributed by atoms with Gasteiger partial charge in [-0.3, -0.25) is 14.4 Å². The van der Waals surface area contributed by atoms with Crippen molar-refractivity contribution in [1.82, 2.24) is 0 Å². The van der Waals surface area contributed by atoms with Crippen molar-refractivity contribution in [2.24, 2.45) is 0 Å². The Bertz CT molecular complexity index is 1040. The van der Waals surface area contributed by atoms with Crippen molar-refractivity contribution in [3.05, 3.63) is 85.1 Å². The van der Waals surface area contributed by atoms with Crippen LogP contribution in [0.1, 0.15) is 162 Å². The molecule has 1 unspecified atom stereocenters. The first kappa shape index (κ1) is 47.6. The van der Waals surface area contributed by atoms with E-state index in [4.69, 9.17) is 14.2 Å². The quantitative estimate of drug-likeness (QED) is 0.0286. The molecule has 0 saturated heterocycles. The van der Waals surface area contributed by atoms with Crippen molar-refractivity contribution in [1.29, 1.82) is 0 Å². The fraction of sp³-hybridized carbons (Fsp3) is 0.622. The molecule has 0 aliphatic rings. The molecule has 0 heterocycles. The Hall–Kier alpha value is -3.41. The Morgan fingerprint density at radius 1 is 0.412 bits per heavy atom. The van der Waals surface area contributed by atoms with Gasteiger partial charge in [-0.1, -0.05) is 138 Å². The molecule has 6 heteroatoms. The molecule has 0 saturated carbocycles. The van der Waals surface area contributed by atoms with E-state index in [1.807, 2.05) is 6.08 Å². The highest BCUT2D eigenvalue weighted by Crippen LogP contribution is 2.09. The summed E-state index contributed by atoms with van der Waals surface area (Å²) < 4.78 is 16.4. The van der Waals surface area contributed by atoms with Crippen molar-refractivity contribution >= 4 is 17.9 Å². The van der Waals surface area contributed by atoms with Gasteiger partial charge in [0.05, 0.1) is 0 Å². The van der Waals surface area contributed by atoms with E-state index in [2.05, 4.69) is 99.8 Å². The fourth-order valence-electron chi connectivity index (χ4n) is 4.91. The lowest BCUT2D eigenvalue weighted by atomic mass is 10.1. The minimum Gasteiger partial charge on any atom is -0.462 e. The SMILES string of the molecule is CC/C=C\C/C=C\C/C=C\CCCC(=O)OC(COC(=O)CC/C=C\C/C=C\CCCCCCCC)COC(=O)CCCC/C=C\C/C=C\CC. The van der Waals surface area contributed by atoms with Gasteiger partial charge in [-0.15, -0.1) is 0 Å². The zero-order valence-corrected chi connectivity index (χ0v) is 32.6. The summed E-state index contributed by atoms with van der Waals surface area (Å²) in [5.41, 5.74) is 0. The monoisotopic (exact) mass is 709 g/mol. The van der Waals surface area contributed by atoms with Crippen molar-refractivity contribution in [3.63, 3.8) is 0 Å². The van der Waals surface area contributed by atoms with E-state index in [1.54, 1.807) is 0 Å². The molecule has 1 atom stereocenters. The predicted octanol–water partition coefficient (Wildman–Crippen LogP) is 12.5. The summed E-state index contributed by atoms with van der Waals surface area (Å²) in [6.07, 6.45) is 48.9. The summed E-state index contributed by atoms with van der Waals surface area (Å²) in [6, 6.07) is 0. The van der Waals surface area contributed by atoms with Crippen LogP contribution in [-0.4, -0.2) is 37.2 Å². The third-order valence-corrected chi connectivity index (χ3v) is 7.88. The van der Waals surface area contributed by atoms with E-state index in [-0.39, 0.29) is 38.0 Å². The van der Waals surface area contributed by atoms with Crippen LogP contribution in [0.5, 0.6) is 0 Å². The summed E-state index contributed by atoms with van der Waals surface area (Å²) in [7, 11) is 0. The van der Waals surface area contributed by atoms with E-state index >= 15 is 0 Å². The second-order valence-electron chi connectivity index (χ2n) is 12.8. The number of rotatable bonds is 34. The van der Waals surface area contributed by atoms with Crippen LogP contribution in [0.4, 0.5) is 0 Å². The molecular formula is C45H72O6. The molecule has 0 aromatic rings. The Morgan fingerprint density at radius 3 is 1.37 bits per heavy atom. The number of hydrogen-bond acceptors (Lipinski definition) is 6. The van der Waals surface area contributed by atoms with Crippen LogP contribution in [0.2, 0.25) is 0 Å². The standard InChI is InChI=1S/C45H72O6/c1-4-7-10-13-16-19-21-22-24-26-29-32-35-38-44(47)50-41-42(40-49-43(46)37-34-31-28-25-18-15-12-9-6-3)51-45(48)39-36-33-30-27-23-20-17-14-11-8-5-2/h8-9,11-12,17-18,20,22,24-25,27,29-30,32,42H,4-7,10,13-16,19,21,23,26,28,31,33-41H2,1-3H3/b11-8-,12-9-,20-17-,24-22-,25-18-,30-27-,32-29-. The molecule has 0 N–H and O–H groups in total. The maximum Gasteiger partial charge on any atom is 0.306 e. The van der Waals surface area contributed by atoms with E-state index in [0.717, 1.165) is 70.6 Å². The molecule has 288 valence electrons. The third-order valence-electron chi connectivity index (χ3n) is 7.88. The number of esters is 3. The van der Waals surface area contributed by atoms with Crippen molar-refractivity contribution in [3.8, 4) is 0 Å². The molecule has 0 bridgehead atoms. The molecule has 0 aromatic heterocycles. The van der Waals surface area contributed by atoms with Gasteiger partial charge in [-0.05, 0) is 89.9 Å². The molecule has 0 radical (unpaired) electrons. The number of carbonyl (C=O) groups excluding carboxylic acids is 3. The van der Waals surface area contributed by atoms with Gasteiger partial charge in [0.1, 0.15) is 13.2 Å². The molecule has 0 rings (SSSR count). The first-order valence-corrected chi connectivity index (χ1v) is 20.1.